The highest BCUT2D eigenvalue weighted by Crippen LogP contribution is 2.42. The molecule has 0 spiro atoms. The standard InChI is InChI=1S/C31H40N2O6S/c1-29(2,3)27(38)18-14-19(34)26(37)25(28(39)30(4,5)6)24(18)20(35)16-32-31(7,8)15-22(36)33-23-13-17-11-9-10-12-21(17)40-23/h9-14,20,32,34-35,37H,15-16H2,1-8H3,(H,33,36). The predicted octanol–water partition coefficient (Wildman–Crippen LogP) is 6.20. The number of β-amino-alcohol motifs (C(OH)–C–C–N with tert-alkyl or cyclic N) is 1. The van der Waals surface area contributed by atoms with Gasteiger partial charge in [0.15, 0.2) is 23.1 Å². The van der Waals surface area contributed by atoms with Crippen molar-refractivity contribution in [1.82, 2.24) is 5.32 Å². The summed E-state index contributed by atoms with van der Waals surface area (Å²) in [5, 5.41) is 40.4. The van der Waals surface area contributed by atoms with Crippen LogP contribution in [0.3, 0.4) is 0 Å². The third kappa shape index (κ3) is 7.08. The number of hydrogen-bond acceptors (Lipinski definition) is 8. The molecule has 9 heteroatoms. The summed E-state index contributed by atoms with van der Waals surface area (Å²) in [6, 6.07) is 10.9. The fraction of sp³-hybridized carbons (Fsp3) is 0.452. The van der Waals surface area contributed by atoms with Crippen molar-refractivity contribution in [3.05, 3.63) is 53.1 Å². The first-order valence-corrected chi connectivity index (χ1v) is 14.0. The van der Waals surface area contributed by atoms with Crippen LogP contribution in [0.25, 0.3) is 10.1 Å². The first-order valence-electron chi connectivity index (χ1n) is 13.2. The van der Waals surface area contributed by atoms with Crippen LogP contribution in [0, 0.1) is 10.8 Å². The van der Waals surface area contributed by atoms with E-state index in [0.717, 1.165) is 21.2 Å². The first-order chi connectivity index (χ1) is 18.3. The van der Waals surface area contributed by atoms with Crippen LogP contribution in [-0.4, -0.2) is 44.9 Å². The number of phenolic OH excluding ortho intramolecular Hbond substituents is 2. The number of benzene rings is 2. The number of carbonyl (C=O) groups is 3. The number of amides is 1. The SMILES string of the molecule is CC(C)(CC(=O)Nc1cc2ccccc2s1)NCC(O)c1c(C(=O)C(C)(C)C)cc(O)c(O)c1C(=O)C(C)(C)C. The fourth-order valence-electron chi connectivity index (χ4n) is 4.38. The number of phenols is 2. The first kappa shape index (κ1) is 31.3. The molecule has 2 aromatic carbocycles. The molecule has 0 aliphatic carbocycles. The maximum absolute atomic E-state index is 13.4. The summed E-state index contributed by atoms with van der Waals surface area (Å²) in [6.45, 7) is 13.5. The van der Waals surface area contributed by atoms with Gasteiger partial charge in [-0.25, -0.2) is 0 Å². The quantitative estimate of drug-likeness (QED) is 0.153. The molecule has 40 heavy (non-hydrogen) atoms. The summed E-state index contributed by atoms with van der Waals surface area (Å²) >= 11 is 1.48. The summed E-state index contributed by atoms with van der Waals surface area (Å²) in [5.41, 5.74) is -3.01. The molecule has 8 nitrogen and oxygen atoms in total. The van der Waals surface area contributed by atoms with E-state index in [1.54, 1.807) is 55.4 Å². The highest BCUT2D eigenvalue weighted by atomic mass is 32.1. The number of nitrogens with one attached hydrogen (secondary N) is 2. The Kier molecular flexibility index (Phi) is 8.84. The van der Waals surface area contributed by atoms with Crippen LogP contribution in [0.5, 0.6) is 11.5 Å². The van der Waals surface area contributed by atoms with Crippen LogP contribution < -0.4 is 10.6 Å². The van der Waals surface area contributed by atoms with Gasteiger partial charge in [0.25, 0.3) is 0 Å². The van der Waals surface area contributed by atoms with Gasteiger partial charge in [0, 0.05) is 45.2 Å². The van der Waals surface area contributed by atoms with E-state index in [4.69, 9.17) is 0 Å². The smallest absolute Gasteiger partial charge is 0.226 e. The van der Waals surface area contributed by atoms with Gasteiger partial charge < -0.3 is 26.0 Å². The molecule has 0 aliphatic rings. The summed E-state index contributed by atoms with van der Waals surface area (Å²) in [5.74, 6) is -2.43. The maximum atomic E-state index is 13.4. The molecule has 0 saturated heterocycles. The molecule has 3 rings (SSSR count). The molecule has 1 unspecified atom stereocenters. The minimum atomic E-state index is -1.40. The number of aliphatic hydroxyl groups excluding tert-OH is 1. The summed E-state index contributed by atoms with van der Waals surface area (Å²) < 4.78 is 1.07. The predicted molar refractivity (Wildman–Crippen MR) is 159 cm³/mol. The van der Waals surface area contributed by atoms with Crippen LogP contribution in [0.2, 0.25) is 0 Å². The molecule has 0 fully saturated rings. The van der Waals surface area contributed by atoms with E-state index in [-0.39, 0.29) is 35.6 Å². The highest BCUT2D eigenvalue weighted by molar-refractivity contribution is 7.22. The van der Waals surface area contributed by atoms with Crippen LogP contribution in [-0.2, 0) is 4.79 Å². The lowest BCUT2D eigenvalue weighted by Gasteiger charge is -2.30. The number of Topliss-reactive ketones (excluding diaryl/α,β-unsaturated/α-hetero) is 2. The van der Waals surface area contributed by atoms with E-state index in [1.807, 2.05) is 30.3 Å². The van der Waals surface area contributed by atoms with Crippen molar-refractivity contribution < 1.29 is 29.7 Å². The third-order valence-corrected chi connectivity index (χ3v) is 7.58. The molecule has 1 amide bonds. The second-order valence-corrected chi connectivity index (χ2v) is 14.0. The van der Waals surface area contributed by atoms with Crippen LogP contribution in [0.15, 0.2) is 36.4 Å². The van der Waals surface area contributed by atoms with E-state index in [9.17, 15) is 29.7 Å². The summed E-state index contributed by atoms with van der Waals surface area (Å²) in [4.78, 5) is 39.6. The Morgan fingerprint density at radius 3 is 2.08 bits per heavy atom. The van der Waals surface area contributed by atoms with E-state index in [1.165, 1.54) is 11.3 Å². The zero-order valence-corrected chi connectivity index (χ0v) is 25.2. The average molecular weight is 569 g/mol. The molecule has 216 valence electrons. The fourth-order valence-corrected chi connectivity index (χ4v) is 5.36. The second kappa shape index (κ2) is 11.3. The molecule has 0 radical (unpaired) electrons. The van der Waals surface area contributed by atoms with Gasteiger partial charge in [0.1, 0.15) is 0 Å². The van der Waals surface area contributed by atoms with Crippen molar-refractivity contribution in [2.45, 2.75) is 73.5 Å². The van der Waals surface area contributed by atoms with Crippen molar-refractivity contribution in [2.75, 3.05) is 11.9 Å². The second-order valence-electron chi connectivity index (χ2n) is 12.9. The van der Waals surface area contributed by atoms with Gasteiger partial charge in [0.2, 0.25) is 5.91 Å². The number of thiophene rings is 1. The van der Waals surface area contributed by atoms with E-state index in [2.05, 4.69) is 10.6 Å². The normalized spacial score (nSPS) is 13.3. The van der Waals surface area contributed by atoms with Gasteiger partial charge in [-0.2, -0.15) is 0 Å². The molecule has 0 aliphatic heterocycles. The third-order valence-electron chi connectivity index (χ3n) is 6.55. The van der Waals surface area contributed by atoms with Crippen molar-refractivity contribution in [1.29, 1.82) is 0 Å². The highest BCUT2D eigenvalue weighted by Gasteiger charge is 2.37. The Balaban J connectivity index is 1.87. The van der Waals surface area contributed by atoms with E-state index < -0.39 is 45.5 Å². The van der Waals surface area contributed by atoms with E-state index >= 15 is 0 Å². The zero-order valence-electron chi connectivity index (χ0n) is 24.4. The lowest BCUT2D eigenvalue weighted by atomic mass is 9.78. The molecule has 5 N–H and O–H groups in total. The Bertz CT molecular complexity index is 1410. The molecule has 1 atom stereocenters. The largest absolute Gasteiger partial charge is 0.504 e. The van der Waals surface area contributed by atoms with Gasteiger partial charge in [-0.3, -0.25) is 14.4 Å². The Labute approximate surface area is 239 Å². The monoisotopic (exact) mass is 568 g/mol. The van der Waals surface area contributed by atoms with Gasteiger partial charge in [-0.15, -0.1) is 11.3 Å². The number of hydrogen-bond donors (Lipinski definition) is 5. The van der Waals surface area contributed by atoms with Crippen molar-refractivity contribution in [3.8, 4) is 11.5 Å². The Morgan fingerprint density at radius 2 is 1.50 bits per heavy atom. The molecule has 1 aromatic heterocycles. The lowest BCUT2D eigenvalue weighted by Crippen LogP contribution is -2.44. The minimum Gasteiger partial charge on any atom is -0.504 e. The van der Waals surface area contributed by atoms with Crippen molar-refractivity contribution in [2.24, 2.45) is 10.8 Å². The molecule has 3 aromatic rings. The lowest BCUT2D eigenvalue weighted by molar-refractivity contribution is -0.117. The number of ketones is 2. The topological polar surface area (TPSA) is 136 Å². The molecular weight excluding hydrogens is 528 g/mol. The van der Waals surface area contributed by atoms with Gasteiger partial charge in [-0.05, 0) is 37.4 Å². The Hall–Kier alpha value is -3.27. The molecule has 0 bridgehead atoms. The molecular formula is C31H40N2O6S. The number of carbonyl (C=O) groups excluding carboxylic acids is 3. The Morgan fingerprint density at radius 1 is 0.900 bits per heavy atom. The number of aliphatic hydroxyl groups is 1. The average Bonchev–Trinajstić information content (AvgIpc) is 3.23. The van der Waals surface area contributed by atoms with E-state index in [0.29, 0.717) is 0 Å². The molecule has 1 heterocycles. The molecule has 0 saturated carbocycles. The van der Waals surface area contributed by atoms with Crippen LogP contribution in [0.1, 0.15) is 94.2 Å². The van der Waals surface area contributed by atoms with Gasteiger partial charge in [0.05, 0.1) is 16.7 Å². The maximum Gasteiger partial charge on any atom is 0.226 e. The van der Waals surface area contributed by atoms with Crippen molar-refractivity contribution in [3.63, 3.8) is 0 Å². The van der Waals surface area contributed by atoms with Gasteiger partial charge >= 0.3 is 0 Å². The number of aromatic hydroxyl groups is 2. The summed E-state index contributed by atoms with van der Waals surface area (Å²) in [6.07, 6.45) is -1.32. The van der Waals surface area contributed by atoms with Crippen LogP contribution in [0.4, 0.5) is 5.00 Å². The number of rotatable bonds is 9. The number of fused-ring (bicyclic) bond motifs is 1. The van der Waals surface area contributed by atoms with Crippen LogP contribution >= 0.6 is 11.3 Å². The van der Waals surface area contributed by atoms with Gasteiger partial charge in [-0.1, -0.05) is 59.7 Å². The number of anilines is 1. The summed E-state index contributed by atoms with van der Waals surface area (Å²) in [7, 11) is 0. The minimum absolute atomic E-state index is 0.0370. The van der Waals surface area contributed by atoms with Crippen molar-refractivity contribution >= 4 is 43.9 Å². The zero-order chi connectivity index (χ0) is 30.2.